The molecule has 1 N–H and O–H groups in total. The number of halogens is 1. The number of hydrogen-bond acceptors (Lipinski definition) is 2. The maximum Gasteiger partial charge on any atom is 0.0762 e. The molecule has 100 valence electrons. The number of aryl methyl sites for hydroxylation is 1. The van der Waals surface area contributed by atoms with Crippen LogP contribution < -0.4 is 0 Å². The highest BCUT2D eigenvalue weighted by Crippen LogP contribution is 2.32. The van der Waals surface area contributed by atoms with Crippen molar-refractivity contribution in [1.82, 2.24) is 0 Å². The van der Waals surface area contributed by atoms with Gasteiger partial charge in [0.05, 0.1) is 11.1 Å². The van der Waals surface area contributed by atoms with Crippen molar-refractivity contribution in [2.75, 3.05) is 0 Å². The smallest absolute Gasteiger partial charge is 0.0762 e. The van der Waals surface area contributed by atoms with Gasteiger partial charge in [0, 0.05) is 10.6 Å². The van der Waals surface area contributed by atoms with Gasteiger partial charge in [-0.05, 0) is 42.7 Å². The molecule has 0 amide bonds. The van der Waals surface area contributed by atoms with E-state index < -0.39 is 6.10 Å². The lowest BCUT2D eigenvalue weighted by Crippen LogP contribution is -1.91. The molecule has 1 nitrogen and oxygen atoms in total. The molecule has 0 saturated carbocycles. The van der Waals surface area contributed by atoms with E-state index in [2.05, 4.69) is 25.1 Å². The van der Waals surface area contributed by atoms with Gasteiger partial charge in [-0.2, -0.15) is 0 Å². The van der Waals surface area contributed by atoms with Crippen molar-refractivity contribution in [3.63, 3.8) is 0 Å². The molecule has 3 heteroatoms. The molecule has 1 unspecified atom stereocenters. The molecule has 2 rings (SSSR count). The van der Waals surface area contributed by atoms with Gasteiger partial charge < -0.3 is 5.11 Å². The van der Waals surface area contributed by atoms with E-state index in [4.69, 9.17) is 11.6 Å². The zero-order valence-corrected chi connectivity index (χ0v) is 12.6. The Morgan fingerprint density at radius 1 is 1.21 bits per heavy atom. The summed E-state index contributed by atoms with van der Waals surface area (Å²) in [6.45, 7) is 3.86. The van der Waals surface area contributed by atoms with Crippen molar-refractivity contribution in [2.45, 2.75) is 30.6 Å². The molecular weight excluding hydrogens is 276 g/mol. The van der Waals surface area contributed by atoms with Gasteiger partial charge in [-0.25, -0.2) is 0 Å². The fraction of sp³-hybridized carbons (Fsp3) is 0.250. The van der Waals surface area contributed by atoms with Crippen LogP contribution in [0.25, 0.3) is 0 Å². The van der Waals surface area contributed by atoms with Crippen molar-refractivity contribution in [2.24, 2.45) is 0 Å². The van der Waals surface area contributed by atoms with Crippen LogP contribution in [0, 0.1) is 6.92 Å². The van der Waals surface area contributed by atoms with Crippen LogP contribution in [0.15, 0.2) is 47.4 Å². The minimum absolute atomic E-state index is 0.479. The molecular formula is C16H17ClOS. The zero-order valence-electron chi connectivity index (χ0n) is 11.1. The van der Waals surface area contributed by atoms with Crippen molar-refractivity contribution >= 4 is 23.4 Å². The molecule has 0 heterocycles. The Balaban J connectivity index is 2.10. The Morgan fingerprint density at radius 3 is 2.58 bits per heavy atom. The molecule has 0 fully saturated rings. The molecule has 0 aliphatic rings. The second-order valence-corrected chi connectivity index (χ2v) is 6.01. The number of rotatable bonds is 4. The second kappa shape index (κ2) is 6.47. The maximum absolute atomic E-state index is 9.52. The number of hydrogen-bond donors (Lipinski definition) is 1. The quantitative estimate of drug-likeness (QED) is 0.801. The van der Waals surface area contributed by atoms with Crippen LogP contribution in [-0.2, 0) is 5.75 Å². The van der Waals surface area contributed by atoms with Gasteiger partial charge in [-0.1, -0.05) is 41.9 Å². The largest absolute Gasteiger partial charge is 0.389 e. The second-order valence-electron chi connectivity index (χ2n) is 4.58. The zero-order chi connectivity index (χ0) is 13.8. The molecule has 0 bridgehead atoms. The summed E-state index contributed by atoms with van der Waals surface area (Å²) in [6.07, 6.45) is -0.479. The molecule has 1 atom stereocenters. The maximum atomic E-state index is 9.52. The van der Waals surface area contributed by atoms with Gasteiger partial charge in [0.1, 0.15) is 0 Å². The van der Waals surface area contributed by atoms with E-state index in [1.165, 1.54) is 11.1 Å². The summed E-state index contributed by atoms with van der Waals surface area (Å²) in [7, 11) is 0. The predicted octanol–water partition coefficient (Wildman–Crippen LogP) is 4.99. The van der Waals surface area contributed by atoms with E-state index in [-0.39, 0.29) is 0 Å². The molecule has 2 aromatic rings. The van der Waals surface area contributed by atoms with Crippen molar-refractivity contribution < 1.29 is 5.11 Å². The Kier molecular flexibility index (Phi) is 4.92. The molecule has 0 aromatic heterocycles. The topological polar surface area (TPSA) is 20.2 Å². The Hall–Kier alpha value is -0.960. The van der Waals surface area contributed by atoms with Crippen molar-refractivity contribution in [1.29, 1.82) is 0 Å². The minimum atomic E-state index is -0.479. The third-order valence-corrected chi connectivity index (χ3v) is 4.63. The van der Waals surface area contributed by atoms with Crippen LogP contribution in [0.4, 0.5) is 0 Å². The van der Waals surface area contributed by atoms with Crippen LogP contribution >= 0.6 is 23.4 Å². The predicted molar refractivity (Wildman–Crippen MR) is 82.8 cm³/mol. The summed E-state index contributed by atoms with van der Waals surface area (Å²) in [6, 6.07) is 14.1. The highest BCUT2D eigenvalue weighted by Gasteiger charge is 2.07. The van der Waals surface area contributed by atoms with Gasteiger partial charge in [-0.15, -0.1) is 11.8 Å². The molecule has 0 spiro atoms. The summed E-state index contributed by atoms with van der Waals surface area (Å²) in [5.41, 5.74) is 3.47. The normalized spacial score (nSPS) is 12.4. The van der Waals surface area contributed by atoms with Crippen molar-refractivity contribution in [3.8, 4) is 0 Å². The highest BCUT2D eigenvalue weighted by atomic mass is 35.5. The van der Waals surface area contributed by atoms with E-state index in [9.17, 15) is 5.11 Å². The lowest BCUT2D eigenvalue weighted by molar-refractivity contribution is 0.199. The summed E-state index contributed by atoms with van der Waals surface area (Å²) >= 11 is 7.97. The van der Waals surface area contributed by atoms with Crippen LogP contribution in [0.1, 0.15) is 29.7 Å². The molecule has 2 aromatic carbocycles. The van der Waals surface area contributed by atoms with Crippen LogP contribution in [0.2, 0.25) is 5.02 Å². The highest BCUT2D eigenvalue weighted by molar-refractivity contribution is 7.98. The van der Waals surface area contributed by atoms with Crippen LogP contribution in [0.3, 0.4) is 0 Å². The molecule has 0 aliphatic heterocycles. The first-order valence-corrected chi connectivity index (χ1v) is 7.59. The third kappa shape index (κ3) is 3.75. The summed E-state index contributed by atoms with van der Waals surface area (Å²) in [5.74, 6) is 0.903. The summed E-state index contributed by atoms with van der Waals surface area (Å²) in [4.78, 5) is 1.05. The molecule has 19 heavy (non-hydrogen) atoms. The van der Waals surface area contributed by atoms with Crippen LogP contribution in [-0.4, -0.2) is 5.11 Å². The number of thioether (sulfide) groups is 1. The number of benzene rings is 2. The first-order valence-electron chi connectivity index (χ1n) is 6.22. The first kappa shape index (κ1) is 14.4. The van der Waals surface area contributed by atoms with Gasteiger partial charge in [0.25, 0.3) is 0 Å². The Morgan fingerprint density at radius 2 is 1.95 bits per heavy atom. The van der Waals surface area contributed by atoms with Gasteiger partial charge >= 0.3 is 0 Å². The van der Waals surface area contributed by atoms with E-state index >= 15 is 0 Å². The fourth-order valence-corrected chi connectivity index (χ4v) is 3.17. The molecule has 0 aliphatic carbocycles. The summed E-state index contributed by atoms with van der Waals surface area (Å²) in [5, 5.41) is 10.2. The molecule has 0 radical (unpaired) electrons. The SMILES string of the molecule is Cc1ccccc1CSc1ccc(C(C)O)cc1Cl. The number of aliphatic hydroxyl groups excluding tert-OH is 1. The average molecular weight is 293 g/mol. The van der Waals surface area contributed by atoms with Gasteiger partial charge in [0.15, 0.2) is 0 Å². The monoisotopic (exact) mass is 292 g/mol. The lowest BCUT2D eigenvalue weighted by Gasteiger charge is -2.10. The van der Waals surface area contributed by atoms with E-state index in [0.29, 0.717) is 5.02 Å². The molecule has 0 saturated heterocycles. The lowest BCUT2D eigenvalue weighted by atomic mass is 10.1. The van der Waals surface area contributed by atoms with E-state index in [0.717, 1.165) is 16.2 Å². The Labute approximate surface area is 123 Å². The van der Waals surface area contributed by atoms with E-state index in [1.54, 1.807) is 18.7 Å². The van der Waals surface area contributed by atoms with Crippen LogP contribution in [0.5, 0.6) is 0 Å². The average Bonchev–Trinajstić information content (AvgIpc) is 2.39. The van der Waals surface area contributed by atoms with E-state index in [1.807, 2.05) is 24.3 Å². The standard InChI is InChI=1S/C16H17ClOS/c1-11-5-3-4-6-14(11)10-19-16-8-7-13(12(2)18)9-15(16)17/h3-9,12,18H,10H2,1-2H3. The third-order valence-electron chi connectivity index (χ3n) is 3.08. The van der Waals surface area contributed by atoms with Gasteiger partial charge in [0.2, 0.25) is 0 Å². The van der Waals surface area contributed by atoms with Gasteiger partial charge in [-0.3, -0.25) is 0 Å². The number of aliphatic hydroxyl groups is 1. The van der Waals surface area contributed by atoms with Crippen molar-refractivity contribution in [3.05, 3.63) is 64.2 Å². The Bertz CT molecular complexity index is 566. The first-order chi connectivity index (χ1) is 9.08. The minimum Gasteiger partial charge on any atom is -0.389 e. The summed E-state index contributed by atoms with van der Waals surface area (Å²) < 4.78 is 0. The fourth-order valence-electron chi connectivity index (χ4n) is 1.82.